The van der Waals surface area contributed by atoms with Gasteiger partial charge in [-0.3, -0.25) is 9.80 Å². The van der Waals surface area contributed by atoms with Crippen LogP contribution in [0.3, 0.4) is 0 Å². The number of rotatable bonds is 9. The smallest absolute Gasteiger partial charge is 0.0438 e. The Morgan fingerprint density at radius 3 is 1.70 bits per heavy atom. The standard InChI is InChI=1S/C19H23ClN2.C19H24N2/c20-18-10-5-4-9-17(18)15-19(16-7-2-1-3-8-16)22-13-6-11-21-12-14-22;1-3-7-17(8-4-1)11-12-19(18-9-5-2-6-10-18)21-15-13-20-14-16-21/h1-5,7-10,19,21H,6,11-15H2;1-10,19-20H,11-16H2. The van der Waals surface area contributed by atoms with Crippen molar-refractivity contribution in [3.05, 3.63) is 143 Å². The molecule has 0 aromatic heterocycles. The zero-order chi connectivity index (χ0) is 29.5. The molecule has 4 nitrogen and oxygen atoms in total. The quantitative estimate of drug-likeness (QED) is 0.215. The molecule has 2 unspecified atom stereocenters. The van der Waals surface area contributed by atoms with Gasteiger partial charge in [0, 0.05) is 62.9 Å². The maximum atomic E-state index is 6.40. The van der Waals surface area contributed by atoms with Gasteiger partial charge >= 0.3 is 0 Å². The maximum absolute atomic E-state index is 6.40. The Hall–Kier alpha value is -2.99. The van der Waals surface area contributed by atoms with Crippen molar-refractivity contribution in [2.45, 2.75) is 37.8 Å². The van der Waals surface area contributed by atoms with E-state index in [1.54, 1.807) is 0 Å². The largest absolute Gasteiger partial charge is 0.315 e. The first-order chi connectivity index (χ1) is 21.3. The van der Waals surface area contributed by atoms with Crippen LogP contribution in [0, 0.1) is 0 Å². The summed E-state index contributed by atoms with van der Waals surface area (Å²) in [6.45, 7) is 8.91. The summed E-state index contributed by atoms with van der Waals surface area (Å²) in [5, 5.41) is 7.82. The number of nitrogens with zero attached hydrogens (tertiary/aromatic N) is 2. The highest BCUT2D eigenvalue weighted by Gasteiger charge is 2.23. The summed E-state index contributed by atoms with van der Waals surface area (Å²) >= 11 is 6.40. The first-order valence-corrected chi connectivity index (χ1v) is 16.4. The second-order valence-corrected chi connectivity index (χ2v) is 12.0. The van der Waals surface area contributed by atoms with Gasteiger partial charge in [-0.25, -0.2) is 0 Å². The molecule has 2 fully saturated rings. The summed E-state index contributed by atoms with van der Waals surface area (Å²) in [5.41, 5.74) is 5.50. The van der Waals surface area contributed by atoms with Crippen molar-refractivity contribution in [3.8, 4) is 0 Å². The van der Waals surface area contributed by atoms with E-state index < -0.39 is 0 Å². The van der Waals surface area contributed by atoms with Gasteiger partial charge < -0.3 is 10.6 Å². The number of halogens is 1. The molecule has 2 N–H and O–H groups in total. The number of hydrogen-bond acceptors (Lipinski definition) is 4. The molecule has 0 amide bonds. The Kier molecular flexibility index (Phi) is 12.7. The van der Waals surface area contributed by atoms with Gasteiger partial charge in [0.2, 0.25) is 0 Å². The minimum atomic E-state index is 0.390. The van der Waals surface area contributed by atoms with E-state index in [1.165, 1.54) is 35.1 Å². The lowest BCUT2D eigenvalue weighted by Gasteiger charge is -2.35. The molecule has 2 atom stereocenters. The Morgan fingerprint density at radius 2 is 1.07 bits per heavy atom. The molecule has 0 bridgehead atoms. The average Bonchev–Trinajstić information content (AvgIpc) is 3.36. The third kappa shape index (κ3) is 9.76. The molecule has 2 saturated heterocycles. The number of nitrogens with one attached hydrogen (secondary N) is 2. The molecule has 43 heavy (non-hydrogen) atoms. The SMILES string of the molecule is Clc1ccccc1CC(c1ccccc1)N1CCCNCC1.c1ccc(CCC(c2ccccc2)N2CCNCC2)cc1. The van der Waals surface area contributed by atoms with Crippen molar-refractivity contribution in [1.82, 2.24) is 20.4 Å². The fraction of sp³-hybridized carbons (Fsp3) is 0.368. The van der Waals surface area contributed by atoms with E-state index in [0.29, 0.717) is 12.1 Å². The van der Waals surface area contributed by atoms with E-state index in [1.807, 2.05) is 12.1 Å². The first kappa shape index (κ1) is 31.4. The summed E-state index contributed by atoms with van der Waals surface area (Å²) in [7, 11) is 0. The van der Waals surface area contributed by atoms with Gasteiger partial charge in [0.05, 0.1) is 0 Å². The molecule has 5 heteroatoms. The molecule has 4 aromatic carbocycles. The lowest BCUT2D eigenvalue weighted by atomic mass is 9.97. The van der Waals surface area contributed by atoms with Crippen molar-refractivity contribution in [2.24, 2.45) is 0 Å². The van der Waals surface area contributed by atoms with Crippen LogP contribution in [-0.2, 0) is 12.8 Å². The van der Waals surface area contributed by atoms with Gasteiger partial charge in [-0.15, -0.1) is 0 Å². The number of hydrogen-bond donors (Lipinski definition) is 2. The molecule has 4 aromatic rings. The van der Waals surface area contributed by atoms with Gasteiger partial charge in [-0.2, -0.15) is 0 Å². The second-order valence-electron chi connectivity index (χ2n) is 11.6. The summed E-state index contributed by atoms with van der Waals surface area (Å²) in [4.78, 5) is 5.23. The topological polar surface area (TPSA) is 30.5 Å². The zero-order valence-electron chi connectivity index (χ0n) is 25.4. The summed E-state index contributed by atoms with van der Waals surface area (Å²) in [6.07, 6.45) is 4.49. The van der Waals surface area contributed by atoms with Crippen molar-refractivity contribution >= 4 is 11.6 Å². The molecule has 0 spiro atoms. The summed E-state index contributed by atoms with van der Waals surface area (Å²) < 4.78 is 0. The molecule has 2 aliphatic heterocycles. The van der Waals surface area contributed by atoms with Crippen molar-refractivity contribution in [1.29, 1.82) is 0 Å². The molecule has 0 radical (unpaired) electrons. The van der Waals surface area contributed by atoms with Gasteiger partial charge in [-0.05, 0) is 60.5 Å². The Labute approximate surface area is 264 Å². The minimum Gasteiger partial charge on any atom is -0.315 e. The van der Waals surface area contributed by atoms with Gasteiger partial charge in [0.15, 0.2) is 0 Å². The van der Waals surface area contributed by atoms with Crippen LogP contribution < -0.4 is 10.6 Å². The van der Waals surface area contributed by atoms with Crippen LogP contribution >= 0.6 is 11.6 Å². The summed E-state index contributed by atoms with van der Waals surface area (Å²) in [5.74, 6) is 0. The van der Waals surface area contributed by atoms with Gasteiger partial charge in [0.25, 0.3) is 0 Å². The van der Waals surface area contributed by atoms with Crippen molar-refractivity contribution in [2.75, 3.05) is 52.4 Å². The van der Waals surface area contributed by atoms with Crippen molar-refractivity contribution < 1.29 is 0 Å². The lowest BCUT2D eigenvalue weighted by molar-refractivity contribution is 0.165. The number of aryl methyl sites for hydroxylation is 1. The Balaban J connectivity index is 0.000000171. The minimum absolute atomic E-state index is 0.390. The zero-order valence-corrected chi connectivity index (χ0v) is 26.1. The molecular weight excluding hydrogens is 548 g/mol. The highest BCUT2D eigenvalue weighted by atomic mass is 35.5. The maximum Gasteiger partial charge on any atom is 0.0438 e. The molecule has 0 aliphatic carbocycles. The van der Waals surface area contributed by atoms with E-state index in [4.69, 9.17) is 11.6 Å². The van der Waals surface area contributed by atoms with Crippen LogP contribution in [0.4, 0.5) is 0 Å². The van der Waals surface area contributed by atoms with Crippen LogP contribution in [-0.4, -0.2) is 62.2 Å². The van der Waals surface area contributed by atoms with E-state index in [0.717, 1.165) is 70.2 Å². The summed E-state index contributed by atoms with van der Waals surface area (Å²) in [6, 6.07) is 41.8. The molecule has 0 saturated carbocycles. The molecular formula is C38H47ClN4. The lowest BCUT2D eigenvalue weighted by Crippen LogP contribution is -2.45. The average molecular weight is 595 g/mol. The van der Waals surface area contributed by atoms with Crippen LogP contribution in [0.5, 0.6) is 0 Å². The van der Waals surface area contributed by atoms with E-state index in [2.05, 4.69) is 124 Å². The van der Waals surface area contributed by atoms with Gasteiger partial charge in [-0.1, -0.05) is 121 Å². The predicted octanol–water partition coefficient (Wildman–Crippen LogP) is 7.18. The molecule has 6 rings (SSSR count). The Morgan fingerprint density at radius 1 is 0.558 bits per heavy atom. The first-order valence-electron chi connectivity index (χ1n) is 16.0. The Bertz CT molecular complexity index is 1300. The third-order valence-corrected chi connectivity index (χ3v) is 9.07. The highest BCUT2D eigenvalue weighted by Crippen LogP contribution is 2.29. The van der Waals surface area contributed by atoms with Crippen LogP contribution in [0.15, 0.2) is 115 Å². The van der Waals surface area contributed by atoms with E-state index in [-0.39, 0.29) is 0 Å². The monoisotopic (exact) mass is 594 g/mol. The van der Waals surface area contributed by atoms with E-state index in [9.17, 15) is 0 Å². The third-order valence-electron chi connectivity index (χ3n) is 8.70. The van der Waals surface area contributed by atoms with Crippen LogP contribution in [0.2, 0.25) is 5.02 Å². The second kappa shape index (κ2) is 17.3. The van der Waals surface area contributed by atoms with E-state index >= 15 is 0 Å². The number of piperazine rings is 1. The van der Waals surface area contributed by atoms with Gasteiger partial charge in [0.1, 0.15) is 0 Å². The predicted molar refractivity (Wildman–Crippen MR) is 182 cm³/mol. The molecule has 226 valence electrons. The fourth-order valence-electron chi connectivity index (χ4n) is 6.36. The number of benzene rings is 4. The molecule has 2 aliphatic rings. The highest BCUT2D eigenvalue weighted by molar-refractivity contribution is 6.31. The van der Waals surface area contributed by atoms with Crippen molar-refractivity contribution in [3.63, 3.8) is 0 Å². The van der Waals surface area contributed by atoms with Crippen LogP contribution in [0.1, 0.15) is 47.2 Å². The molecule has 2 heterocycles. The fourth-order valence-corrected chi connectivity index (χ4v) is 6.57. The van der Waals surface area contributed by atoms with Crippen LogP contribution in [0.25, 0.3) is 0 Å². The normalized spacial score (nSPS) is 17.7.